The molecular weight excluding hydrogens is 273 g/mol. The maximum absolute atomic E-state index is 13.4. The second-order valence-electron chi connectivity index (χ2n) is 7.55. The van der Waals surface area contributed by atoms with Crippen molar-refractivity contribution in [1.29, 1.82) is 0 Å². The van der Waals surface area contributed by atoms with Crippen molar-refractivity contribution in [2.75, 3.05) is 0 Å². The van der Waals surface area contributed by atoms with Crippen molar-refractivity contribution in [3.05, 3.63) is 0 Å². The van der Waals surface area contributed by atoms with E-state index in [1.807, 2.05) is 6.92 Å². The van der Waals surface area contributed by atoms with Gasteiger partial charge in [-0.25, -0.2) is 0 Å². The average molecular weight is 304 g/mol. The van der Waals surface area contributed by atoms with Gasteiger partial charge in [-0.1, -0.05) is 39.5 Å². The van der Waals surface area contributed by atoms with Gasteiger partial charge in [0, 0.05) is 0 Å². The Bertz CT molecular complexity index is 305. The molecule has 0 spiro atoms. The maximum Gasteiger partial charge on any atom is 0.394 e. The predicted octanol–water partition coefficient (Wildman–Crippen LogP) is 6.74. The highest BCUT2D eigenvalue weighted by molar-refractivity contribution is 4.93. The van der Waals surface area contributed by atoms with E-state index in [1.165, 1.54) is 32.1 Å². The zero-order valence-corrected chi connectivity index (χ0v) is 13.6. The van der Waals surface area contributed by atoms with Gasteiger partial charge in [-0.05, 0) is 62.7 Å². The fourth-order valence-electron chi connectivity index (χ4n) is 4.89. The molecule has 0 saturated heterocycles. The first kappa shape index (κ1) is 17.1. The van der Waals surface area contributed by atoms with Crippen LogP contribution in [0.3, 0.4) is 0 Å². The number of alkyl halides is 3. The Labute approximate surface area is 127 Å². The molecule has 0 radical (unpaired) electrons. The lowest BCUT2D eigenvalue weighted by atomic mass is 9.63. The van der Waals surface area contributed by atoms with Gasteiger partial charge >= 0.3 is 6.18 Å². The quantitative estimate of drug-likeness (QED) is 0.539. The molecule has 0 unspecified atom stereocenters. The van der Waals surface area contributed by atoms with Crippen LogP contribution in [0.25, 0.3) is 0 Å². The minimum absolute atomic E-state index is 0.325. The van der Waals surface area contributed by atoms with Crippen LogP contribution in [0.1, 0.15) is 84.5 Å². The smallest absolute Gasteiger partial charge is 0.171 e. The summed E-state index contributed by atoms with van der Waals surface area (Å²) in [6, 6.07) is 0. The molecule has 0 aromatic carbocycles. The predicted molar refractivity (Wildman–Crippen MR) is 81.1 cm³/mol. The zero-order chi connectivity index (χ0) is 15.5. The molecule has 0 heterocycles. The summed E-state index contributed by atoms with van der Waals surface area (Å²) in [5.41, 5.74) is -1.36. The van der Waals surface area contributed by atoms with Gasteiger partial charge in [0.05, 0.1) is 5.41 Å². The van der Waals surface area contributed by atoms with E-state index in [2.05, 4.69) is 6.92 Å². The summed E-state index contributed by atoms with van der Waals surface area (Å²) in [5, 5.41) is 0. The number of halogens is 3. The molecule has 21 heavy (non-hydrogen) atoms. The van der Waals surface area contributed by atoms with Crippen LogP contribution in [0.4, 0.5) is 13.2 Å². The van der Waals surface area contributed by atoms with Crippen LogP contribution >= 0.6 is 0 Å². The Morgan fingerprint density at radius 2 is 1.38 bits per heavy atom. The summed E-state index contributed by atoms with van der Waals surface area (Å²) < 4.78 is 40.3. The van der Waals surface area contributed by atoms with Crippen molar-refractivity contribution in [3.8, 4) is 0 Å². The summed E-state index contributed by atoms with van der Waals surface area (Å²) in [6.07, 6.45) is 5.73. The fraction of sp³-hybridized carbons (Fsp3) is 1.00. The third-order valence-corrected chi connectivity index (χ3v) is 6.45. The molecule has 0 aliphatic heterocycles. The molecule has 0 bridgehead atoms. The Morgan fingerprint density at radius 3 is 1.81 bits per heavy atom. The van der Waals surface area contributed by atoms with Gasteiger partial charge in [0.1, 0.15) is 0 Å². The van der Waals surface area contributed by atoms with Crippen molar-refractivity contribution in [2.24, 2.45) is 23.2 Å². The normalized spacial score (nSPS) is 38.4. The van der Waals surface area contributed by atoms with Gasteiger partial charge in [-0.2, -0.15) is 13.2 Å². The lowest BCUT2D eigenvalue weighted by Crippen LogP contribution is -2.42. The summed E-state index contributed by atoms with van der Waals surface area (Å²) >= 11 is 0. The van der Waals surface area contributed by atoms with Crippen LogP contribution in [-0.4, -0.2) is 6.18 Å². The third-order valence-electron chi connectivity index (χ3n) is 6.45. The molecule has 0 aromatic rings. The Hall–Kier alpha value is -0.210. The Kier molecular flexibility index (Phi) is 5.65. The van der Waals surface area contributed by atoms with Gasteiger partial charge in [0.15, 0.2) is 0 Å². The molecule has 124 valence electrons. The minimum Gasteiger partial charge on any atom is -0.171 e. The molecule has 2 aliphatic carbocycles. The molecule has 0 amide bonds. The number of rotatable bonds is 4. The van der Waals surface area contributed by atoms with Crippen LogP contribution in [-0.2, 0) is 0 Å². The standard InChI is InChI=1S/C18H31F3/c1-3-11-17(18(19,20)21)12-9-16(10-13-17)15-7-5-14(4-2)6-8-15/h14-16H,3-13H2,1-2H3. The molecule has 2 rings (SSSR count). The van der Waals surface area contributed by atoms with Crippen LogP contribution in [0, 0.1) is 23.2 Å². The molecule has 0 N–H and O–H groups in total. The van der Waals surface area contributed by atoms with E-state index in [1.54, 1.807) is 0 Å². The van der Waals surface area contributed by atoms with Gasteiger partial charge < -0.3 is 0 Å². The molecule has 0 atom stereocenters. The highest BCUT2D eigenvalue weighted by Crippen LogP contribution is 2.55. The van der Waals surface area contributed by atoms with E-state index in [-0.39, 0.29) is 0 Å². The monoisotopic (exact) mass is 304 g/mol. The van der Waals surface area contributed by atoms with Gasteiger partial charge in [-0.15, -0.1) is 0 Å². The van der Waals surface area contributed by atoms with Gasteiger partial charge in [0.2, 0.25) is 0 Å². The van der Waals surface area contributed by atoms with E-state index >= 15 is 0 Å². The number of hydrogen-bond acceptors (Lipinski definition) is 0. The highest BCUT2D eigenvalue weighted by atomic mass is 19.4. The molecule has 3 heteroatoms. The van der Waals surface area contributed by atoms with Crippen molar-refractivity contribution in [3.63, 3.8) is 0 Å². The van der Waals surface area contributed by atoms with Crippen molar-refractivity contribution in [2.45, 2.75) is 90.7 Å². The van der Waals surface area contributed by atoms with Gasteiger partial charge in [0.25, 0.3) is 0 Å². The van der Waals surface area contributed by atoms with Crippen LogP contribution < -0.4 is 0 Å². The van der Waals surface area contributed by atoms with Crippen LogP contribution in [0.2, 0.25) is 0 Å². The van der Waals surface area contributed by atoms with E-state index in [4.69, 9.17) is 0 Å². The molecule has 2 fully saturated rings. The lowest BCUT2D eigenvalue weighted by molar-refractivity contribution is -0.241. The van der Waals surface area contributed by atoms with E-state index in [0.717, 1.165) is 18.8 Å². The van der Waals surface area contributed by atoms with Gasteiger partial charge in [-0.3, -0.25) is 0 Å². The topological polar surface area (TPSA) is 0 Å². The second kappa shape index (κ2) is 6.91. The molecule has 2 aliphatic rings. The molecular formula is C18H31F3. The first-order valence-electron chi connectivity index (χ1n) is 8.98. The molecule has 2 saturated carbocycles. The number of hydrogen-bond donors (Lipinski definition) is 0. The first-order chi connectivity index (χ1) is 9.92. The summed E-state index contributed by atoms with van der Waals surface area (Å²) in [5.74, 6) is 2.15. The first-order valence-corrected chi connectivity index (χ1v) is 8.98. The van der Waals surface area contributed by atoms with Crippen LogP contribution in [0.15, 0.2) is 0 Å². The van der Waals surface area contributed by atoms with E-state index in [0.29, 0.717) is 37.5 Å². The largest absolute Gasteiger partial charge is 0.394 e. The van der Waals surface area contributed by atoms with E-state index < -0.39 is 11.6 Å². The summed E-state index contributed by atoms with van der Waals surface area (Å²) in [6.45, 7) is 4.14. The third kappa shape index (κ3) is 3.76. The lowest BCUT2D eigenvalue weighted by Gasteiger charge is -2.44. The minimum atomic E-state index is -4.01. The Morgan fingerprint density at radius 1 is 0.857 bits per heavy atom. The Balaban J connectivity index is 1.90. The van der Waals surface area contributed by atoms with E-state index in [9.17, 15) is 13.2 Å². The average Bonchev–Trinajstić information content (AvgIpc) is 2.47. The fourth-order valence-corrected chi connectivity index (χ4v) is 4.89. The summed E-state index contributed by atoms with van der Waals surface area (Å²) in [7, 11) is 0. The highest BCUT2D eigenvalue weighted by Gasteiger charge is 2.55. The molecule has 0 aromatic heterocycles. The van der Waals surface area contributed by atoms with Crippen LogP contribution in [0.5, 0.6) is 0 Å². The molecule has 0 nitrogen and oxygen atoms in total. The van der Waals surface area contributed by atoms with Crippen molar-refractivity contribution >= 4 is 0 Å². The maximum atomic E-state index is 13.4. The SMILES string of the molecule is CCCC1(C(F)(F)F)CCC(C2CCC(CC)CC2)CC1. The summed E-state index contributed by atoms with van der Waals surface area (Å²) in [4.78, 5) is 0. The zero-order valence-electron chi connectivity index (χ0n) is 13.6. The second-order valence-corrected chi connectivity index (χ2v) is 7.55. The van der Waals surface area contributed by atoms with Crippen molar-refractivity contribution in [1.82, 2.24) is 0 Å². The van der Waals surface area contributed by atoms with Crippen molar-refractivity contribution < 1.29 is 13.2 Å².